The van der Waals surface area contributed by atoms with Crippen LogP contribution in [0, 0.1) is 62.2 Å². The van der Waals surface area contributed by atoms with Crippen LogP contribution in [0.5, 0.6) is 11.5 Å². The molecule has 0 radical (unpaired) electrons. The lowest BCUT2D eigenvalue weighted by Crippen LogP contribution is -2.39. The summed E-state index contributed by atoms with van der Waals surface area (Å²) in [5.74, 6) is -0.450. The van der Waals surface area contributed by atoms with Crippen molar-refractivity contribution in [1.29, 1.82) is 0 Å². The number of carbonyl (C=O) groups is 5. The van der Waals surface area contributed by atoms with Gasteiger partial charge in [-0.25, -0.2) is 4.79 Å². The van der Waals surface area contributed by atoms with Crippen LogP contribution in [0.3, 0.4) is 0 Å². The average molecular weight is 792 g/mol. The second-order valence-electron chi connectivity index (χ2n) is 17.3. The van der Waals surface area contributed by atoms with Gasteiger partial charge in [-0.2, -0.15) is 0 Å². The molecule has 1 heterocycles. The van der Waals surface area contributed by atoms with Gasteiger partial charge in [0.05, 0.1) is 22.7 Å². The van der Waals surface area contributed by atoms with Gasteiger partial charge in [0, 0.05) is 6.92 Å². The largest absolute Gasteiger partial charge is 0.508 e. The molecule has 316 valence electrons. The molecule has 3 aliphatic rings. The molecule has 6 atom stereocenters. The maximum Gasteiger partial charge on any atom is 0.338 e. The highest BCUT2D eigenvalue weighted by molar-refractivity contribution is 6.06. The van der Waals surface area contributed by atoms with E-state index >= 15 is 0 Å². The third-order valence-corrected chi connectivity index (χ3v) is 12.1. The van der Waals surface area contributed by atoms with Crippen molar-refractivity contribution in [3.63, 3.8) is 0 Å². The number of carboxylic acid groups (broad SMARTS) is 1. The molecule has 1 aliphatic heterocycles. The fourth-order valence-corrected chi connectivity index (χ4v) is 7.54. The van der Waals surface area contributed by atoms with E-state index in [0.717, 1.165) is 24.3 Å². The van der Waals surface area contributed by atoms with Crippen LogP contribution in [-0.4, -0.2) is 45.0 Å². The highest BCUT2D eigenvalue weighted by atomic mass is 16.7. The first kappa shape index (κ1) is 48.7. The van der Waals surface area contributed by atoms with Crippen LogP contribution in [-0.2, 0) is 28.8 Å². The molecule has 2 N–H and O–H groups in total. The molecule has 1 saturated heterocycles. The Morgan fingerprint density at radius 1 is 0.737 bits per heavy atom. The normalized spacial score (nSPS) is 20.2. The number of aryl methyl sites for hydroxylation is 4. The number of ether oxygens (including phenoxy) is 1. The van der Waals surface area contributed by atoms with E-state index in [1.54, 1.807) is 27.7 Å². The van der Waals surface area contributed by atoms with Crippen molar-refractivity contribution in [3.8, 4) is 11.5 Å². The number of phenols is 1. The Labute approximate surface area is 341 Å². The topological polar surface area (TPSA) is 148 Å². The Balaban J connectivity index is 0.000000275. The standard InChI is InChI=1S/C15H19NO4.C14H20O2.C12H18O.C6H12O2/c1-4-15(2,3)14(19)20-16-12(17)10-8-5-6-9(7-8)11(10)13(16)18;1-6-9(2)14-10(3)7-13(8-11(14)4)16-12(5)15;1-5-8(2)12-9(3)6-11(13)7-10(12)4;1-4-6(2,3)5(7)8/h5-6,8-11H,4,7H2,1-3H3;7-9H,6H2,1-5H3;6-8,13H,5H2,1-4H3;4H2,1-3H3,(H,7,8). The van der Waals surface area contributed by atoms with E-state index in [1.807, 2.05) is 50.3 Å². The molecule has 0 aromatic heterocycles. The van der Waals surface area contributed by atoms with Gasteiger partial charge in [0.1, 0.15) is 11.5 Å². The summed E-state index contributed by atoms with van der Waals surface area (Å²) in [5, 5.41) is 18.5. The lowest BCUT2D eigenvalue weighted by molar-refractivity contribution is -0.205. The number of amides is 2. The van der Waals surface area contributed by atoms with Gasteiger partial charge in [-0.3, -0.25) is 19.2 Å². The number of phenolic OH excluding ortho intramolecular Hbond substituents is 1. The third-order valence-electron chi connectivity index (χ3n) is 12.1. The number of benzene rings is 2. The van der Waals surface area contributed by atoms with Gasteiger partial charge in [0.15, 0.2) is 0 Å². The number of esters is 1. The number of rotatable bonds is 10. The van der Waals surface area contributed by atoms with Crippen molar-refractivity contribution in [2.45, 2.75) is 148 Å². The SMILES string of the molecule is CCC(C)(C)C(=O)O.CCC(C)(C)C(=O)ON1C(=O)C2C3C=CC(C3)C2C1=O.CCC(C)c1c(C)cc(O)cc1C.CCC(C)c1c(C)cc(OC(C)=O)cc1C. The van der Waals surface area contributed by atoms with Crippen LogP contribution in [0.1, 0.15) is 153 Å². The fraction of sp³-hybridized carbons (Fsp3) is 0.596. The first-order valence-electron chi connectivity index (χ1n) is 20.5. The van der Waals surface area contributed by atoms with E-state index in [9.17, 15) is 29.1 Å². The Bertz CT molecular complexity index is 1730. The molecule has 2 aromatic carbocycles. The zero-order chi connectivity index (χ0) is 43.7. The first-order chi connectivity index (χ1) is 26.4. The molecule has 2 aliphatic carbocycles. The van der Waals surface area contributed by atoms with Crippen molar-refractivity contribution >= 4 is 29.7 Å². The molecule has 2 bridgehead atoms. The Morgan fingerprint density at radius 2 is 1.12 bits per heavy atom. The molecule has 6 unspecified atom stereocenters. The van der Waals surface area contributed by atoms with Gasteiger partial charge in [-0.05, 0) is 169 Å². The van der Waals surface area contributed by atoms with Crippen LogP contribution in [0.4, 0.5) is 0 Å². The molecule has 57 heavy (non-hydrogen) atoms. The number of hydroxylamine groups is 2. The average Bonchev–Trinajstić information content (AvgIpc) is 3.81. The molecule has 2 amide bonds. The monoisotopic (exact) mass is 791 g/mol. The van der Waals surface area contributed by atoms with Crippen LogP contribution in [0.15, 0.2) is 36.4 Å². The van der Waals surface area contributed by atoms with Gasteiger partial charge < -0.3 is 19.8 Å². The number of carboxylic acids is 1. The van der Waals surface area contributed by atoms with E-state index in [4.69, 9.17) is 14.7 Å². The summed E-state index contributed by atoms with van der Waals surface area (Å²) in [4.78, 5) is 63.0. The third kappa shape index (κ3) is 12.0. The predicted molar refractivity (Wildman–Crippen MR) is 224 cm³/mol. The minimum absolute atomic E-state index is 0.129. The van der Waals surface area contributed by atoms with E-state index in [1.165, 1.54) is 40.3 Å². The molecule has 10 heteroatoms. The van der Waals surface area contributed by atoms with Gasteiger partial charge in [-0.1, -0.05) is 53.7 Å². The number of aliphatic carboxylic acids is 1. The molecule has 10 nitrogen and oxygen atoms in total. The second kappa shape index (κ2) is 20.3. The first-order valence-corrected chi connectivity index (χ1v) is 20.5. The number of fused-ring (bicyclic) bond motifs is 5. The van der Waals surface area contributed by atoms with E-state index in [0.29, 0.717) is 36.2 Å². The number of imide groups is 1. The summed E-state index contributed by atoms with van der Waals surface area (Å²) in [6, 6.07) is 7.56. The fourth-order valence-electron chi connectivity index (χ4n) is 7.54. The van der Waals surface area contributed by atoms with Gasteiger partial charge in [-0.15, -0.1) is 5.06 Å². The van der Waals surface area contributed by atoms with Gasteiger partial charge in [0.25, 0.3) is 11.8 Å². The van der Waals surface area contributed by atoms with E-state index < -0.39 is 22.8 Å². The Morgan fingerprint density at radius 3 is 1.44 bits per heavy atom. The van der Waals surface area contributed by atoms with Crippen LogP contribution < -0.4 is 4.74 Å². The number of nitrogens with zero attached hydrogens (tertiary/aromatic N) is 1. The highest BCUT2D eigenvalue weighted by Gasteiger charge is 2.61. The van der Waals surface area contributed by atoms with Crippen LogP contribution in [0.2, 0.25) is 0 Å². The number of carbonyl (C=O) groups excluding carboxylic acids is 4. The molecular weight excluding hydrogens is 723 g/mol. The maximum absolute atomic E-state index is 12.3. The van der Waals surface area contributed by atoms with Crippen molar-refractivity contribution in [2.24, 2.45) is 34.5 Å². The zero-order valence-electron chi connectivity index (χ0n) is 37.2. The summed E-state index contributed by atoms with van der Waals surface area (Å²) in [6.07, 6.45) is 8.43. The lowest BCUT2D eigenvalue weighted by Gasteiger charge is -2.23. The Kier molecular flexibility index (Phi) is 17.3. The molecular formula is C47H69NO9. The second-order valence-corrected chi connectivity index (χ2v) is 17.3. The molecule has 0 spiro atoms. The molecule has 2 aromatic rings. The van der Waals surface area contributed by atoms with Crippen molar-refractivity contribution in [3.05, 3.63) is 69.8 Å². The summed E-state index contributed by atoms with van der Waals surface area (Å²) in [5.41, 5.74) is 6.32. The minimum atomic E-state index is -0.722. The van der Waals surface area contributed by atoms with Gasteiger partial charge >= 0.3 is 17.9 Å². The summed E-state index contributed by atoms with van der Waals surface area (Å²) >= 11 is 0. The number of hydrogen-bond acceptors (Lipinski definition) is 8. The summed E-state index contributed by atoms with van der Waals surface area (Å²) < 4.78 is 5.11. The minimum Gasteiger partial charge on any atom is -0.508 e. The van der Waals surface area contributed by atoms with Gasteiger partial charge in [0.2, 0.25) is 0 Å². The number of aromatic hydroxyl groups is 1. The van der Waals surface area contributed by atoms with Crippen molar-refractivity contribution < 1.29 is 43.8 Å². The lowest BCUT2D eigenvalue weighted by atomic mass is 9.85. The van der Waals surface area contributed by atoms with E-state index in [2.05, 4.69) is 55.4 Å². The number of hydrogen-bond donors (Lipinski definition) is 2. The molecule has 1 saturated carbocycles. The highest BCUT2D eigenvalue weighted by Crippen LogP contribution is 2.52. The smallest absolute Gasteiger partial charge is 0.338 e. The van der Waals surface area contributed by atoms with Crippen LogP contribution in [0.25, 0.3) is 0 Å². The quantitative estimate of drug-likeness (QED) is 0.104. The Hall–Kier alpha value is -4.47. The summed E-state index contributed by atoms with van der Waals surface area (Å²) in [6.45, 7) is 29.2. The maximum atomic E-state index is 12.3. The predicted octanol–water partition coefficient (Wildman–Crippen LogP) is 10.5. The summed E-state index contributed by atoms with van der Waals surface area (Å²) in [7, 11) is 0. The van der Waals surface area contributed by atoms with Crippen molar-refractivity contribution in [2.75, 3.05) is 0 Å². The van der Waals surface area contributed by atoms with Crippen molar-refractivity contribution in [1.82, 2.24) is 5.06 Å². The van der Waals surface area contributed by atoms with E-state index in [-0.39, 0.29) is 41.5 Å². The molecule has 5 rings (SSSR count). The number of allylic oxidation sites excluding steroid dienone is 2. The zero-order valence-corrected chi connectivity index (χ0v) is 37.2. The van der Waals surface area contributed by atoms with Crippen LogP contribution >= 0.6 is 0 Å². The molecule has 2 fully saturated rings.